The summed E-state index contributed by atoms with van der Waals surface area (Å²) in [5.74, 6) is 1.02. The third-order valence-electron chi connectivity index (χ3n) is 3.56. The van der Waals surface area contributed by atoms with Crippen LogP contribution in [0, 0.1) is 0 Å². The standard InChI is InChI=1S/C15H25N3O/c1-3-5-13-8-12(10-16)9-15(17-13)18(2)11-14-6-4-7-19-14/h8-9,14H,3-7,10-11,16H2,1-2H3. The van der Waals surface area contributed by atoms with E-state index in [2.05, 4.69) is 31.0 Å². The highest BCUT2D eigenvalue weighted by molar-refractivity contribution is 5.42. The van der Waals surface area contributed by atoms with Crippen LogP contribution in [0.3, 0.4) is 0 Å². The molecule has 0 amide bonds. The molecule has 0 aromatic carbocycles. The fraction of sp³-hybridized carbons (Fsp3) is 0.667. The summed E-state index contributed by atoms with van der Waals surface area (Å²) in [5.41, 5.74) is 8.07. The van der Waals surface area contributed by atoms with Crippen LogP contribution in [0.15, 0.2) is 12.1 Å². The molecule has 1 unspecified atom stereocenters. The zero-order valence-corrected chi connectivity index (χ0v) is 12.1. The molecular formula is C15H25N3O. The topological polar surface area (TPSA) is 51.4 Å². The Balaban J connectivity index is 2.09. The molecule has 0 aliphatic carbocycles. The lowest BCUT2D eigenvalue weighted by molar-refractivity contribution is 0.116. The maximum Gasteiger partial charge on any atom is 0.128 e. The van der Waals surface area contributed by atoms with Gasteiger partial charge < -0.3 is 15.4 Å². The third kappa shape index (κ3) is 3.91. The second kappa shape index (κ2) is 6.87. The molecule has 2 rings (SSSR count). The normalized spacial score (nSPS) is 18.8. The fourth-order valence-corrected chi connectivity index (χ4v) is 2.52. The Morgan fingerprint density at radius 1 is 1.47 bits per heavy atom. The summed E-state index contributed by atoms with van der Waals surface area (Å²) >= 11 is 0. The Hall–Kier alpha value is -1.13. The van der Waals surface area contributed by atoms with Crippen LogP contribution in [0.4, 0.5) is 5.82 Å². The summed E-state index contributed by atoms with van der Waals surface area (Å²) in [5, 5.41) is 0. The van der Waals surface area contributed by atoms with Crippen molar-refractivity contribution in [2.75, 3.05) is 25.1 Å². The van der Waals surface area contributed by atoms with E-state index in [1.807, 2.05) is 0 Å². The van der Waals surface area contributed by atoms with Crippen LogP contribution in [0.25, 0.3) is 0 Å². The minimum Gasteiger partial charge on any atom is -0.376 e. The van der Waals surface area contributed by atoms with Gasteiger partial charge in [-0.1, -0.05) is 13.3 Å². The minimum atomic E-state index is 0.350. The molecule has 0 spiro atoms. The van der Waals surface area contributed by atoms with Crippen LogP contribution in [0.2, 0.25) is 0 Å². The van der Waals surface area contributed by atoms with E-state index >= 15 is 0 Å². The van der Waals surface area contributed by atoms with Crippen molar-refractivity contribution in [2.24, 2.45) is 5.73 Å². The van der Waals surface area contributed by atoms with Crippen molar-refractivity contribution in [3.8, 4) is 0 Å². The number of anilines is 1. The average molecular weight is 263 g/mol. The van der Waals surface area contributed by atoms with Crippen molar-refractivity contribution in [1.29, 1.82) is 0 Å². The van der Waals surface area contributed by atoms with Gasteiger partial charge in [0.1, 0.15) is 5.82 Å². The zero-order chi connectivity index (χ0) is 13.7. The molecule has 1 saturated heterocycles. The Bertz CT molecular complexity index is 402. The predicted octanol–water partition coefficient (Wildman–Crippen LogP) is 2.11. The highest BCUT2D eigenvalue weighted by Gasteiger charge is 2.18. The highest BCUT2D eigenvalue weighted by Crippen LogP contribution is 2.19. The first kappa shape index (κ1) is 14.3. The summed E-state index contributed by atoms with van der Waals surface area (Å²) < 4.78 is 5.69. The maximum atomic E-state index is 5.78. The Labute approximate surface area is 116 Å². The summed E-state index contributed by atoms with van der Waals surface area (Å²) in [6.07, 6.45) is 4.80. The molecule has 1 aromatic rings. The third-order valence-corrected chi connectivity index (χ3v) is 3.56. The Morgan fingerprint density at radius 2 is 2.32 bits per heavy atom. The molecule has 106 valence electrons. The molecule has 1 aliphatic heterocycles. The lowest BCUT2D eigenvalue weighted by Crippen LogP contribution is -2.29. The monoisotopic (exact) mass is 263 g/mol. The molecule has 4 heteroatoms. The number of nitrogens with two attached hydrogens (primary N) is 1. The van der Waals surface area contributed by atoms with E-state index in [1.165, 1.54) is 6.42 Å². The Kier molecular flexibility index (Phi) is 5.16. The molecule has 2 N–H and O–H groups in total. The lowest BCUT2D eigenvalue weighted by atomic mass is 10.1. The number of pyridine rings is 1. The van der Waals surface area contributed by atoms with Crippen LogP contribution in [0.1, 0.15) is 37.4 Å². The van der Waals surface area contributed by atoms with Gasteiger partial charge in [-0.05, 0) is 37.0 Å². The van der Waals surface area contributed by atoms with Crippen LogP contribution >= 0.6 is 0 Å². The first-order chi connectivity index (χ1) is 9.22. The van der Waals surface area contributed by atoms with Gasteiger partial charge in [-0.15, -0.1) is 0 Å². The van der Waals surface area contributed by atoms with Crippen LogP contribution in [-0.2, 0) is 17.7 Å². The van der Waals surface area contributed by atoms with Gasteiger partial charge in [0.25, 0.3) is 0 Å². The molecular weight excluding hydrogens is 238 g/mol. The highest BCUT2D eigenvalue weighted by atomic mass is 16.5. The largest absolute Gasteiger partial charge is 0.376 e. The van der Waals surface area contributed by atoms with Crippen molar-refractivity contribution < 1.29 is 4.74 Å². The number of aryl methyl sites for hydroxylation is 1. The summed E-state index contributed by atoms with van der Waals surface area (Å²) in [7, 11) is 2.08. The van der Waals surface area contributed by atoms with Crippen molar-refractivity contribution in [3.05, 3.63) is 23.4 Å². The van der Waals surface area contributed by atoms with Gasteiger partial charge in [-0.2, -0.15) is 0 Å². The van der Waals surface area contributed by atoms with Crippen molar-refractivity contribution in [1.82, 2.24) is 4.98 Å². The van der Waals surface area contributed by atoms with Gasteiger partial charge in [-0.3, -0.25) is 0 Å². The molecule has 1 aliphatic rings. The van der Waals surface area contributed by atoms with Crippen LogP contribution in [0.5, 0.6) is 0 Å². The number of nitrogens with zero attached hydrogens (tertiary/aromatic N) is 2. The lowest BCUT2D eigenvalue weighted by Gasteiger charge is -2.23. The smallest absolute Gasteiger partial charge is 0.128 e. The number of aromatic nitrogens is 1. The quantitative estimate of drug-likeness (QED) is 0.854. The van der Waals surface area contributed by atoms with E-state index < -0.39 is 0 Å². The molecule has 0 bridgehead atoms. The first-order valence-electron chi connectivity index (χ1n) is 7.25. The van der Waals surface area contributed by atoms with Crippen LogP contribution < -0.4 is 10.6 Å². The van der Waals surface area contributed by atoms with Gasteiger partial charge in [0.15, 0.2) is 0 Å². The van der Waals surface area contributed by atoms with Crippen LogP contribution in [-0.4, -0.2) is 31.3 Å². The van der Waals surface area contributed by atoms with E-state index in [4.69, 9.17) is 15.5 Å². The Morgan fingerprint density at radius 3 is 2.95 bits per heavy atom. The maximum absolute atomic E-state index is 5.78. The van der Waals surface area contributed by atoms with Gasteiger partial charge in [0, 0.05) is 32.4 Å². The SMILES string of the molecule is CCCc1cc(CN)cc(N(C)CC2CCCO2)n1. The molecule has 0 radical (unpaired) electrons. The molecule has 1 atom stereocenters. The molecule has 1 fully saturated rings. The van der Waals surface area contributed by atoms with Gasteiger partial charge in [0.2, 0.25) is 0 Å². The summed E-state index contributed by atoms with van der Waals surface area (Å²) in [6, 6.07) is 4.21. The molecule has 1 aromatic heterocycles. The summed E-state index contributed by atoms with van der Waals surface area (Å²) in [6.45, 7) is 4.55. The number of likely N-dealkylation sites (N-methyl/N-ethyl adjacent to an activating group) is 1. The number of rotatable bonds is 6. The molecule has 0 saturated carbocycles. The number of ether oxygens (including phenoxy) is 1. The average Bonchev–Trinajstić information content (AvgIpc) is 2.91. The number of hydrogen-bond acceptors (Lipinski definition) is 4. The second-order valence-electron chi connectivity index (χ2n) is 5.29. The van der Waals surface area contributed by atoms with E-state index in [-0.39, 0.29) is 0 Å². The van der Waals surface area contributed by atoms with E-state index in [9.17, 15) is 0 Å². The zero-order valence-electron chi connectivity index (χ0n) is 12.1. The van der Waals surface area contributed by atoms with Gasteiger partial charge in [0.05, 0.1) is 6.10 Å². The van der Waals surface area contributed by atoms with Crippen molar-refractivity contribution in [3.63, 3.8) is 0 Å². The van der Waals surface area contributed by atoms with Gasteiger partial charge in [-0.25, -0.2) is 4.98 Å². The number of hydrogen-bond donors (Lipinski definition) is 1. The molecule has 2 heterocycles. The fourth-order valence-electron chi connectivity index (χ4n) is 2.52. The first-order valence-corrected chi connectivity index (χ1v) is 7.25. The minimum absolute atomic E-state index is 0.350. The summed E-state index contributed by atoms with van der Waals surface area (Å²) in [4.78, 5) is 6.92. The van der Waals surface area contributed by atoms with E-state index in [0.29, 0.717) is 12.6 Å². The molecule has 19 heavy (non-hydrogen) atoms. The van der Waals surface area contributed by atoms with Crippen molar-refractivity contribution in [2.45, 2.75) is 45.3 Å². The van der Waals surface area contributed by atoms with Gasteiger partial charge >= 0.3 is 0 Å². The molecule has 4 nitrogen and oxygen atoms in total. The predicted molar refractivity (Wildman–Crippen MR) is 78.4 cm³/mol. The van der Waals surface area contributed by atoms with E-state index in [1.54, 1.807) is 0 Å². The second-order valence-corrected chi connectivity index (χ2v) is 5.29. The van der Waals surface area contributed by atoms with Crippen molar-refractivity contribution >= 4 is 5.82 Å². The van der Waals surface area contributed by atoms with E-state index in [0.717, 1.165) is 49.5 Å².